The maximum Gasteiger partial charge on any atom is 0.405 e. The number of ether oxygens (including phenoxy) is 1. The highest BCUT2D eigenvalue weighted by molar-refractivity contribution is 5.64. The summed E-state index contributed by atoms with van der Waals surface area (Å²) >= 11 is 0. The molecule has 0 saturated carbocycles. The highest BCUT2D eigenvalue weighted by Gasteiger charge is 2.19. The van der Waals surface area contributed by atoms with Crippen LogP contribution in [0.25, 0.3) is 0 Å². The van der Waals surface area contributed by atoms with Gasteiger partial charge in [0.1, 0.15) is 6.20 Å². The van der Waals surface area contributed by atoms with Crippen LogP contribution in [0.4, 0.5) is 10.6 Å². The fourth-order valence-electron chi connectivity index (χ4n) is 1.14. The molecule has 82 valence electrons. The van der Waals surface area contributed by atoms with Crippen LogP contribution in [0.3, 0.4) is 0 Å². The van der Waals surface area contributed by atoms with Gasteiger partial charge in [0.05, 0.1) is 6.54 Å². The number of rotatable bonds is 4. The second-order valence-electron chi connectivity index (χ2n) is 2.64. The molecule has 8 nitrogen and oxygen atoms in total. The molecule has 1 heterocycles. The molecule has 1 amide bonds. The maximum atomic E-state index is 10.5. The molecule has 8 heteroatoms. The fraction of sp³-hybridized carbons (Fsp3) is 0.429. The zero-order chi connectivity index (χ0) is 11.4. The van der Waals surface area contributed by atoms with Crippen molar-refractivity contribution in [3.05, 3.63) is 22.1 Å². The monoisotopic (exact) mass is 214 g/mol. The summed E-state index contributed by atoms with van der Waals surface area (Å²) in [7, 11) is 0. The quantitative estimate of drug-likeness (QED) is 0.575. The molecule has 0 aromatic carbocycles. The molecule has 0 aliphatic heterocycles. The number of nitro groups is 1. The zero-order valence-electron chi connectivity index (χ0n) is 8.04. The number of nitrogens with two attached hydrogens (primary N) is 1. The van der Waals surface area contributed by atoms with Gasteiger partial charge in [0.25, 0.3) is 0 Å². The van der Waals surface area contributed by atoms with Crippen molar-refractivity contribution in [1.82, 2.24) is 9.55 Å². The van der Waals surface area contributed by atoms with Gasteiger partial charge in [-0.15, -0.1) is 0 Å². The van der Waals surface area contributed by atoms with Gasteiger partial charge in [0.15, 0.2) is 6.61 Å². The van der Waals surface area contributed by atoms with Crippen molar-refractivity contribution in [2.45, 2.75) is 20.1 Å². The maximum absolute atomic E-state index is 10.5. The van der Waals surface area contributed by atoms with E-state index in [9.17, 15) is 14.9 Å². The lowest BCUT2D eigenvalue weighted by atomic mass is 10.6. The third-order valence-corrected chi connectivity index (χ3v) is 1.76. The van der Waals surface area contributed by atoms with E-state index in [1.807, 2.05) is 0 Å². The van der Waals surface area contributed by atoms with Gasteiger partial charge in [-0.1, -0.05) is 0 Å². The van der Waals surface area contributed by atoms with Crippen molar-refractivity contribution in [3.8, 4) is 0 Å². The molecule has 2 N–H and O–H groups in total. The number of imidazole rings is 1. The first kappa shape index (κ1) is 11.0. The van der Waals surface area contributed by atoms with Gasteiger partial charge in [-0.2, -0.15) is 0 Å². The number of primary amides is 1. The number of carbonyl (C=O) groups excluding carboxylic acids is 1. The van der Waals surface area contributed by atoms with E-state index >= 15 is 0 Å². The SMILES string of the molecule is CCn1c([N+](=O)[O-])cnc1COC(N)=O. The van der Waals surface area contributed by atoms with Gasteiger partial charge in [0.2, 0.25) is 5.82 Å². The first-order valence-corrected chi connectivity index (χ1v) is 4.17. The number of carbonyl (C=O) groups is 1. The van der Waals surface area contributed by atoms with Crippen molar-refractivity contribution in [2.24, 2.45) is 5.73 Å². The average molecular weight is 214 g/mol. The Morgan fingerprint density at radius 3 is 2.93 bits per heavy atom. The molecule has 0 atom stereocenters. The Morgan fingerprint density at radius 2 is 2.47 bits per heavy atom. The zero-order valence-corrected chi connectivity index (χ0v) is 8.04. The number of hydrogen-bond acceptors (Lipinski definition) is 5. The van der Waals surface area contributed by atoms with E-state index in [1.54, 1.807) is 6.92 Å². The van der Waals surface area contributed by atoms with Gasteiger partial charge in [0, 0.05) is 0 Å². The molecule has 0 spiro atoms. The third kappa shape index (κ3) is 2.42. The topological polar surface area (TPSA) is 113 Å². The molecule has 1 aromatic rings. The molecule has 0 saturated heterocycles. The van der Waals surface area contributed by atoms with E-state index in [2.05, 4.69) is 9.72 Å². The molecule has 0 fully saturated rings. The minimum absolute atomic E-state index is 0.138. The van der Waals surface area contributed by atoms with Crippen molar-refractivity contribution >= 4 is 11.9 Å². The molecule has 0 aliphatic carbocycles. The summed E-state index contributed by atoms with van der Waals surface area (Å²) in [6, 6.07) is 0. The van der Waals surface area contributed by atoms with Gasteiger partial charge < -0.3 is 20.6 Å². The Kier molecular flexibility index (Phi) is 3.21. The molecule has 0 bridgehead atoms. The second-order valence-corrected chi connectivity index (χ2v) is 2.64. The van der Waals surface area contributed by atoms with Crippen LogP contribution in [-0.2, 0) is 17.9 Å². The standard InChI is InChI=1S/C7H10N4O4/c1-2-10-5(4-15-7(8)12)9-3-6(10)11(13)14/h3H,2,4H2,1H3,(H2,8,12). The Hall–Kier alpha value is -2.12. The molecule has 1 rings (SSSR count). The lowest BCUT2D eigenvalue weighted by Gasteiger charge is -2.01. The lowest BCUT2D eigenvalue weighted by molar-refractivity contribution is -0.392. The molecule has 15 heavy (non-hydrogen) atoms. The lowest BCUT2D eigenvalue weighted by Crippen LogP contribution is -2.15. The molecular weight excluding hydrogens is 204 g/mol. The second kappa shape index (κ2) is 4.40. The Labute approximate surface area is 84.8 Å². The first-order chi connectivity index (χ1) is 7.06. The first-order valence-electron chi connectivity index (χ1n) is 4.17. The Morgan fingerprint density at radius 1 is 1.80 bits per heavy atom. The van der Waals surface area contributed by atoms with Crippen molar-refractivity contribution < 1.29 is 14.5 Å². The van der Waals surface area contributed by atoms with Crippen LogP contribution in [0, 0.1) is 10.1 Å². The molecular formula is C7H10N4O4. The van der Waals surface area contributed by atoms with Crippen molar-refractivity contribution in [1.29, 1.82) is 0 Å². The predicted octanol–water partition coefficient (Wildman–Crippen LogP) is 0.407. The summed E-state index contributed by atoms with van der Waals surface area (Å²) in [5, 5.41) is 10.5. The normalized spacial score (nSPS) is 9.93. The van der Waals surface area contributed by atoms with Crippen LogP contribution >= 0.6 is 0 Å². The van der Waals surface area contributed by atoms with Gasteiger partial charge in [-0.05, 0) is 11.8 Å². The minimum atomic E-state index is -0.941. The van der Waals surface area contributed by atoms with Gasteiger partial charge in [-0.3, -0.25) is 0 Å². The van der Waals surface area contributed by atoms with Crippen LogP contribution in [0.5, 0.6) is 0 Å². The molecule has 1 aromatic heterocycles. The highest BCUT2D eigenvalue weighted by Crippen LogP contribution is 2.14. The van der Waals surface area contributed by atoms with E-state index in [-0.39, 0.29) is 12.4 Å². The van der Waals surface area contributed by atoms with Crippen LogP contribution < -0.4 is 5.73 Å². The number of amides is 1. The van der Waals surface area contributed by atoms with Crippen molar-refractivity contribution in [2.75, 3.05) is 0 Å². The van der Waals surface area contributed by atoms with E-state index in [1.165, 1.54) is 4.57 Å². The van der Waals surface area contributed by atoms with Crippen LogP contribution in [0.15, 0.2) is 6.20 Å². The summed E-state index contributed by atoms with van der Waals surface area (Å²) in [6.07, 6.45) is 0.173. The highest BCUT2D eigenvalue weighted by atomic mass is 16.6. The van der Waals surface area contributed by atoms with E-state index in [4.69, 9.17) is 5.73 Å². The van der Waals surface area contributed by atoms with Crippen molar-refractivity contribution in [3.63, 3.8) is 0 Å². The number of aromatic nitrogens is 2. The Balaban J connectivity index is 2.89. The average Bonchev–Trinajstić information content (AvgIpc) is 2.57. The molecule has 0 unspecified atom stereocenters. The largest absolute Gasteiger partial charge is 0.439 e. The van der Waals surface area contributed by atoms with E-state index in [0.29, 0.717) is 12.4 Å². The fourth-order valence-corrected chi connectivity index (χ4v) is 1.14. The number of nitrogens with zero attached hydrogens (tertiary/aromatic N) is 3. The minimum Gasteiger partial charge on any atom is -0.439 e. The van der Waals surface area contributed by atoms with Crippen LogP contribution in [0.1, 0.15) is 12.7 Å². The smallest absolute Gasteiger partial charge is 0.405 e. The van der Waals surface area contributed by atoms with Gasteiger partial charge >= 0.3 is 11.9 Å². The van der Waals surface area contributed by atoms with E-state index in [0.717, 1.165) is 6.20 Å². The summed E-state index contributed by atoms with van der Waals surface area (Å²) in [5.74, 6) is 0.156. The van der Waals surface area contributed by atoms with Crippen LogP contribution in [-0.4, -0.2) is 20.6 Å². The third-order valence-electron chi connectivity index (χ3n) is 1.76. The predicted molar refractivity (Wildman–Crippen MR) is 48.9 cm³/mol. The molecule has 0 aliphatic rings. The van der Waals surface area contributed by atoms with E-state index < -0.39 is 11.0 Å². The summed E-state index contributed by atoms with van der Waals surface area (Å²) in [6.45, 7) is 1.92. The summed E-state index contributed by atoms with van der Waals surface area (Å²) in [4.78, 5) is 24.1. The Bertz CT molecular complexity index is 386. The van der Waals surface area contributed by atoms with Crippen LogP contribution in [0.2, 0.25) is 0 Å². The summed E-state index contributed by atoms with van der Waals surface area (Å²) < 4.78 is 5.83. The summed E-state index contributed by atoms with van der Waals surface area (Å²) in [5.41, 5.74) is 4.77. The number of hydrogen-bond donors (Lipinski definition) is 1. The molecule has 0 radical (unpaired) electrons. The van der Waals surface area contributed by atoms with Gasteiger partial charge in [-0.25, -0.2) is 14.3 Å².